The predicted molar refractivity (Wildman–Crippen MR) is 70.9 cm³/mol. The summed E-state index contributed by atoms with van der Waals surface area (Å²) in [5.41, 5.74) is 5.84. The number of alkyl halides is 2. The van der Waals surface area contributed by atoms with Crippen molar-refractivity contribution in [3.63, 3.8) is 0 Å². The lowest BCUT2D eigenvalue weighted by Gasteiger charge is -2.17. The SMILES string of the molecule is CCOc1cc(C(CN)S(C)(=O)=O)ccc1OC(F)F. The summed E-state index contributed by atoms with van der Waals surface area (Å²) in [6, 6.07) is 4.00. The molecule has 1 aromatic rings. The highest BCUT2D eigenvalue weighted by Crippen LogP contribution is 2.33. The molecule has 0 heterocycles. The average Bonchev–Trinajstić information content (AvgIpc) is 2.31. The zero-order valence-corrected chi connectivity index (χ0v) is 12.0. The molecule has 2 N–H and O–H groups in total. The van der Waals surface area contributed by atoms with E-state index in [1.807, 2.05) is 0 Å². The van der Waals surface area contributed by atoms with Crippen LogP contribution in [0, 0.1) is 0 Å². The van der Waals surface area contributed by atoms with Crippen molar-refractivity contribution in [2.24, 2.45) is 5.73 Å². The van der Waals surface area contributed by atoms with Crippen LogP contribution in [-0.4, -0.2) is 34.4 Å². The molecule has 0 amide bonds. The molecule has 1 rings (SSSR count). The molecule has 1 aromatic carbocycles. The maximum Gasteiger partial charge on any atom is 0.387 e. The highest BCUT2D eigenvalue weighted by molar-refractivity contribution is 7.91. The van der Waals surface area contributed by atoms with E-state index in [2.05, 4.69) is 4.74 Å². The van der Waals surface area contributed by atoms with E-state index in [0.717, 1.165) is 6.26 Å². The molecule has 8 heteroatoms. The van der Waals surface area contributed by atoms with Crippen molar-refractivity contribution >= 4 is 9.84 Å². The third-order valence-corrected chi connectivity index (χ3v) is 4.08. The van der Waals surface area contributed by atoms with Crippen molar-refractivity contribution in [3.8, 4) is 11.5 Å². The van der Waals surface area contributed by atoms with Crippen molar-refractivity contribution in [3.05, 3.63) is 23.8 Å². The number of hydrogen-bond acceptors (Lipinski definition) is 5. The van der Waals surface area contributed by atoms with Gasteiger partial charge in [0.05, 0.1) is 11.9 Å². The van der Waals surface area contributed by atoms with Crippen LogP contribution in [0.15, 0.2) is 18.2 Å². The summed E-state index contributed by atoms with van der Waals surface area (Å²) < 4.78 is 57.3. The lowest BCUT2D eigenvalue weighted by molar-refractivity contribution is -0.0514. The van der Waals surface area contributed by atoms with Gasteiger partial charge in [-0.2, -0.15) is 8.78 Å². The third kappa shape index (κ3) is 4.31. The van der Waals surface area contributed by atoms with E-state index < -0.39 is 21.7 Å². The molecule has 0 spiro atoms. The van der Waals surface area contributed by atoms with Gasteiger partial charge in [-0.15, -0.1) is 0 Å². The monoisotopic (exact) mass is 309 g/mol. The fourth-order valence-corrected chi connectivity index (χ4v) is 2.74. The van der Waals surface area contributed by atoms with E-state index in [4.69, 9.17) is 10.5 Å². The second kappa shape index (κ2) is 6.85. The summed E-state index contributed by atoms with van der Waals surface area (Å²) >= 11 is 0. The molecule has 0 aliphatic heterocycles. The molecule has 0 fully saturated rings. The fraction of sp³-hybridized carbons (Fsp3) is 0.500. The Hall–Kier alpha value is -1.41. The highest BCUT2D eigenvalue weighted by atomic mass is 32.2. The van der Waals surface area contributed by atoms with Crippen LogP contribution in [0.4, 0.5) is 8.78 Å². The van der Waals surface area contributed by atoms with Gasteiger partial charge in [0, 0.05) is 12.8 Å². The first-order valence-corrected chi connectivity index (χ1v) is 7.85. The first-order valence-electron chi connectivity index (χ1n) is 5.90. The zero-order valence-electron chi connectivity index (χ0n) is 11.2. The van der Waals surface area contributed by atoms with E-state index in [1.165, 1.54) is 18.2 Å². The Kier molecular flexibility index (Phi) is 5.70. The molecular formula is C12H17F2NO4S. The summed E-state index contributed by atoms with van der Waals surface area (Å²) in [6.45, 7) is -1.19. The van der Waals surface area contributed by atoms with Gasteiger partial charge in [0.1, 0.15) is 0 Å². The molecule has 0 radical (unpaired) electrons. The summed E-state index contributed by atoms with van der Waals surface area (Å²) in [5, 5.41) is -0.915. The molecule has 0 aliphatic carbocycles. The van der Waals surface area contributed by atoms with Crippen LogP contribution in [0.1, 0.15) is 17.7 Å². The Morgan fingerprint density at radius 1 is 1.30 bits per heavy atom. The number of hydrogen-bond donors (Lipinski definition) is 1. The normalized spacial score (nSPS) is 13.3. The Morgan fingerprint density at radius 2 is 1.95 bits per heavy atom. The van der Waals surface area contributed by atoms with Crippen LogP contribution in [0.3, 0.4) is 0 Å². The summed E-state index contributed by atoms with van der Waals surface area (Å²) in [6.07, 6.45) is 1.06. The third-order valence-electron chi connectivity index (χ3n) is 2.59. The summed E-state index contributed by atoms with van der Waals surface area (Å²) in [5.74, 6) is -0.0812. The minimum absolute atomic E-state index is 0.0624. The van der Waals surface area contributed by atoms with Crippen LogP contribution in [-0.2, 0) is 9.84 Å². The predicted octanol–water partition coefficient (Wildman–Crippen LogP) is 1.73. The van der Waals surface area contributed by atoms with E-state index in [1.54, 1.807) is 6.92 Å². The van der Waals surface area contributed by atoms with Crippen LogP contribution in [0.2, 0.25) is 0 Å². The number of ether oxygens (including phenoxy) is 2. The van der Waals surface area contributed by atoms with Crippen molar-refractivity contribution < 1.29 is 26.7 Å². The molecule has 114 valence electrons. The van der Waals surface area contributed by atoms with Crippen LogP contribution >= 0.6 is 0 Å². The van der Waals surface area contributed by atoms with Gasteiger partial charge in [0.15, 0.2) is 21.3 Å². The lowest BCUT2D eigenvalue weighted by Crippen LogP contribution is -2.21. The van der Waals surface area contributed by atoms with Crippen LogP contribution in [0.5, 0.6) is 11.5 Å². The number of halogens is 2. The number of nitrogens with two attached hydrogens (primary N) is 1. The number of benzene rings is 1. The molecule has 1 atom stereocenters. The van der Waals surface area contributed by atoms with E-state index in [9.17, 15) is 17.2 Å². The van der Waals surface area contributed by atoms with Crippen molar-refractivity contribution in [2.75, 3.05) is 19.4 Å². The highest BCUT2D eigenvalue weighted by Gasteiger charge is 2.23. The minimum atomic E-state index is -3.41. The second-order valence-corrected chi connectivity index (χ2v) is 6.30. The van der Waals surface area contributed by atoms with Crippen LogP contribution < -0.4 is 15.2 Å². The van der Waals surface area contributed by atoms with Gasteiger partial charge >= 0.3 is 6.61 Å². The Labute approximate surface area is 116 Å². The van der Waals surface area contributed by atoms with Crippen molar-refractivity contribution in [1.29, 1.82) is 0 Å². The maximum atomic E-state index is 12.3. The average molecular weight is 309 g/mol. The van der Waals surface area contributed by atoms with Gasteiger partial charge in [-0.05, 0) is 24.6 Å². The zero-order chi connectivity index (χ0) is 15.3. The molecule has 0 aliphatic rings. The smallest absolute Gasteiger partial charge is 0.387 e. The van der Waals surface area contributed by atoms with E-state index in [0.29, 0.717) is 5.56 Å². The lowest BCUT2D eigenvalue weighted by atomic mass is 10.1. The number of sulfone groups is 1. The number of rotatable bonds is 7. The van der Waals surface area contributed by atoms with Crippen molar-refractivity contribution in [2.45, 2.75) is 18.8 Å². The molecule has 0 bridgehead atoms. The molecule has 1 unspecified atom stereocenters. The summed E-state index contributed by atoms with van der Waals surface area (Å²) in [4.78, 5) is 0. The quantitative estimate of drug-likeness (QED) is 0.830. The minimum Gasteiger partial charge on any atom is -0.490 e. The van der Waals surface area contributed by atoms with Gasteiger partial charge in [-0.3, -0.25) is 0 Å². The van der Waals surface area contributed by atoms with E-state index in [-0.39, 0.29) is 24.7 Å². The Balaban J connectivity index is 3.21. The summed E-state index contributed by atoms with van der Waals surface area (Å²) in [7, 11) is -3.41. The molecule has 0 saturated carbocycles. The largest absolute Gasteiger partial charge is 0.490 e. The fourth-order valence-electron chi connectivity index (χ4n) is 1.74. The topological polar surface area (TPSA) is 78.6 Å². The molecule has 20 heavy (non-hydrogen) atoms. The van der Waals surface area contributed by atoms with Crippen molar-refractivity contribution in [1.82, 2.24) is 0 Å². The van der Waals surface area contributed by atoms with Gasteiger partial charge in [-0.25, -0.2) is 8.42 Å². The second-order valence-electron chi connectivity index (χ2n) is 4.07. The maximum absolute atomic E-state index is 12.3. The first-order chi connectivity index (χ1) is 9.29. The van der Waals surface area contributed by atoms with Gasteiger partial charge in [-0.1, -0.05) is 6.07 Å². The van der Waals surface area contributed by atoms with Gasteiger partial charge in [0.2, 0.25) is 0 Å². The molecular weight excluding hydrogens is 292 g/mol. The Morgan fingerprint density at radius 3 is 2.40 bits per heavy atom. The van der Waals surface area contributed by atoms with E-state index >= 15 is 0 Å². The standard InChI is InChI=1S/C12H17F2NO4S/c1-3-18-10-6-8(11(7-15)20(2,16)17)4-5-9(10)19-12(13)14/h4-6,11-12H,3,7,15H2,1-2H3. The Bertz CT molecular complexity index is 548. The van der Waals surface area contributed by atoms with Gasteiger partial charge in [0.25, 0.3) is 0 Å². The van der Waals surface area contributed by atoms with Crippen LogP contribution in [0.25, 0.3) is 0 Å². The molecule has 0 aromatic heterocycles. The first kappa shape index (κ1) is 16.6. The van der Waals surface area contributed by atoms with Gasteiger partial charge < -0.3 is 15.2 Å². The molecule has 5 nitrogen and oxygen atoms in total. The molecule has 0 saturated heterocycles.